The largest absolute Gasteiger partial charge is 0.356 e. The molecule has 1 atom stereocenters. The van der Waals surface area contributed by atoms with Crippen molar-refractivity contribution in [2.45, 2.75) is 19.4 Å². The monoisotopic (exact) mass is 482 g/mol. The van der Waals surface area contributed by atoms with Crippen LogP contribution in [0.1, 0.15) is 23.3 Å². The normalized spacial score (nSPS) is 12.3. The maximum Gasteiger partial charge on any atom is 0.191 e. The number of aromatic amines is 1. The maximum absolute atomic E-state index is 4.30. The lowest BCUT2D eigenvalue weighted by atomic mass is 10.1. The Kier molecular flexibility index (Phi) is 8.05. The summed E-state index contributed by atoms with van der Waals surface area (Å²) in [5.74, 6) is 2.02. The lowest BCUT2D eigenvalue weighted by molar-refractivity contribution is 0.708. The van der Waals surface area contributed by atoms with Crippen LogP contribution >= 0.6 is 35.3 Å². The molecule has 0 amide bonds. The van der Waals surface area contributed by atoms with Crippen LogP contribution in [0.3, 0.4) is 0 Å². The molecular formula is C18H23IN6S. The van der Waals surface area contributed by atoms with Crippen LogP contribution in [0.15, 0.2) is 53.1 Å². The number of benzene rings is 1. The standard InChI is InChI=1S/C18H22N6S.HI/c1-13(16-7-4-8-25-16)10-20-18(19-2)21-11-14-5-3-6-15(9-14)17-22-12-23-24-17;/h3-9,12-13H,10-11H2,1-2H3,(H2,19,20,21)(H,22,23,24);1H. The van der Waals surface area contributed by atoms with E-state index in [1.54, 1.807) is 18.4 Å². The number of thiophene rings is 1. The van der Waals surface area contributed by atoms with Crippen LogP contribution in [-0.2, 0) is 6.54 Å². The van der Waals surface area contributed by atoms with Crippen LogP contribution in [0.5, 0.6) is 0 Å². The van der Waals surface area contributed by atoms with Crippen molar-refractivity contribution in [2.75, 3.05) is 13.6 Å². The van der Waals surface area contributed by atoms with Crippen LogP contribution in [0.2, 0.25) is 0 Å². The second kappa shape index (κ2) is 10.3. The highest BCUT2D eigenvalue weighted by molar-refractivity contribution is 14.0. The van der Waals surface area contributed by atoms with Crippen LogP contribution in [0.25, 0.3) is 11.4 Å². The van der Waals surface area contributed by atoms with Crippen LogP contribution < -0.4 is 10.6 Å². The molecule has 1 unspecified atom stereocenters. The van der Waals surface area contributed by atoms with Crippen molar-refractivity contribution in [2.24, 2.45) is 4.99 Å². The average Bonchev–Trinajstić information content (AvgIpc) is 3.35. The van der Waals surface area contributed by atoms with Gasteiger partial charge in [-0.2, -0.15) is 5.10 Å². The van der Waals surface area contributed by atoms with Gasteiger partial charge in [0, 0.05) is 36.5 Å². The van der Waals surface area contributed by atoms with Gasteiger partial charge in [-0.3, -0.25) is 10.1 Å². The minimum atomic E-state index is 0. The molecule has 0 bridgehead atoms. The molecule has 0 saturated carbocycles. The predicted molar refractivity (Wildman–Crippen MR) is 118 cm³/mol. The Bertz CT molecular complexity index is 801. The summed E-state index contributed by atoms with van der Waals surface area (Å²) in [6.07, 6.45) is 1.51. The topological polar surface area (TPSA) is 78.0 Å². The van der Waals surface area contributed by atoms with Crippen molar-refractivity contribution in [1.29, 1.82) is 0 Å². The third-order valence-electron chi connectivity index (χ3n) is 3.90. The smallest absolute Gasteiger partial charge is 0.191 e. The number of nitrogens with one attached hydrogen (secondary N) is 3. The third-order valence-corrected chi connectivity index (χ3v) is 5.01. The number of aliphatic imine (C=N–C) groups is 1. The maximum atomic E-state index is 4.30. The Hall–Kier alpha value is -1.94. The van der Waals surface area contributed by atoms with Crippen molar-refractivity contribution in [1.82, 2.24) is 25.8 Å². The average molecular weight is 482 g/mol. The van der Waals surface area contributed by atoms with Crippen molar-refractivity contribution in [3.05, 3.63) is 58.5 Å². The van der Waals surface area contributed by atoms with E-state index in [0.717, 1.165) is 29.5 Å². The van der Waals surface area contributed by atoms with Gasteiger partial charge in [-0.05, 0) is 23.1 Å². The minimum absolute atomic E-state index is 0. The van der Waals surface area contributed by atoms with Crippen LogP contribution in [0, 0.1) is 0 Å². The zero-order chi connectivity index (χ0) is 17.5. The Labute approximate surface area is 174 Å². The fraction of sp³-hybridized carbons (Fsp3) is 0.278. The van der Waals surface area contributed by atoms with E-state index < -0.39 is 0 Å². The molecule has 8 heteroatoms. The summed E-state index contributed by atoms with van der Waals surface area (Å²) in [6, 6.07) is 12.5. The zero-order valence-electron chi connectivity index (χ0n) is 14.8. The number of hydrogen-bond acceptors (Lipinski definition) is 4. The second-order valence-corrected chi connectivity index (χ2v) is 6.74. The molecule has 138 valence electrons. The van der Waals surface area contributed by atoms with E-state index in [1.165, 1.54) is 11.2 Å². The summed E-state index contributed by atoms with van der Waals surface area (Å²) in [4.78, 5) is 9.87. The molecule has 2 heterocycles. The van der Waals surface area contributed by atoms with Gasteiger partial charge in [-0.25, -0.2) is 4.98 Å². The van der Waals surface area contributed by atoms with E-state index in [1.807, 2.05) is 12.1 Å². The van der Waals surface area contributed by atoms with Crippen LogP contribution in [0.4, 0.5) is 0 Å². The number of halogens is 1. The second-order valence-electron chi connectivity index (χ2n) is 5.76. The SMILES string of the molecule is CN=C(NCc1cccc(-c2ncn[nH]2)c1)NCC(C)c1cccs1.I. The van der Waals surface area contributed by atoms with Gasteiger partial charge >= 0.3 is 0 Å². The molecule has 0 saturated heterocycles. The predicted octanol–water partition coefficient (Wildman–Crippen LogP) is 3.62. The molecule has 6 nitrogen and oxygen atoms in total. The Morgan fingerprint density at radius 3 is 2.85 bits per heavy atom. The summed E-state index contributed by atoms with van der Waals surface area (Å²) in [5, 5.41) is 15.6. The molecule has 0 aliphatic rings. The molecule has 3 N–H and O–H groups in total. The van der Waals surface area contributed by atoms with Gasteiger partial charge in [-0.15, -0.1) is 35.3 Å². The molecule has 0 aliphatic carbocycles. The van der Waals surface area contributed by atoms with Gasteiger partial charge in [0.25, 0.3) is 0 Å². The molecule has 3 aromatic rings. The highest BCUT2D eigenvalue weighted by Gasteiger charge is 2.08. The molecular weight excluding hydrogens is 459 g/mol. The summed E-state index contributed by atoms with van der Waals surface area (Å²) >= 11 is 1.79. The molecule has 0 aliphatic heterocycles. The van der Waals surface area contributed by atoms with Gasteiger partial charge < -0.3 is 10.6 Å². The summed E-state index contributed by atoms with van der Waals surface area (Å²) in [7, 11) is 1.79. The molecule has 0 radical (unpaired) electrons. The van der Waals surface area contributed by atoms with E-state index in [0.29, 0.717) is 12.5 Å². The first-order valence-electron chi connectivity index (χ1n) is 8.19. The molecule has 26 heavy (non-hydrogen) atoms. The van der Waals surface area contributed by atoms with Crippen molar-refractivity contribution in [3.8, 4) is 11.4 Å². The van der Waals surface area contributed by atoms with Gasteiger partial charge in [-0.1, -0.05) is 31.2 Å². The van der Waals surface area contributed by atoms with Gasteiger partial charge in [0.2, 0.25) is 0 Å². The van der Waals surface area contributed by atoms with Crippen molar-refractivity contribution >= 4 is 41.3 Å². The Morgan fingerprint density at radius 2 is 2.15 bits per heavy atom. The Morgan fingerprint density at radius 1 is 1.27 bits per heavy atom. The van der Waals surface area contributed by atoms with E-state index in [-0.39, 0.29) is 24.0 Å². The fourth-order valence-electron chi connectivity index (χ4n) is 2.50. The number of rotatable bonds is 6. The number of guanidine groups is 1. The van der Waals surface area contributed by atoms with E-state index in [2.05, 4.69) is 67.4 Å². The third kappa shape index (κ3) is 5.53. The van der Waals surface area contributed by atoms with Gasteiger partial charge in [0.15, 0.2) is 11.8 Å². The minimum Gasteiger partial charge on any atom is -0.356 e. The van der Waals surface area contributed by atoms with E-state index in [4.69, 9.17) is 0 Å². The number of hydrogen-bond donors (Lipinski definition) is 3. The lowest BCUT2D eigenvalue weighted by Gasteiger charge is -2.15. The number of aromatic nitrogens is 3. The number of H-pyrrole nitrogens is 1. The van der Waals surface area contributed by atoms with Gasteiger partial charge in [0.05, 0.1) is 0 Å². The Balaban J connectivity index is 0.00000243. The summed E-state index contributed by atoms with van der Waals surface area (Å²) in [6.45, 7) is 3.75. The summed E-state index contributed by atoms with van der Waals surface area (Å²) < 4.78 is 0. The summed E-state index contributed by atoms with van der Waals surface area (Å²) in [5.41, 5.74) is 2.18. The molecule has 3 rings (SSSR count). The van der Waals surface area contributed by atoms with Crippen LogP contribution in [-0.4, -0.2) is 34.7 Å². The van der Waals surface area contributed by atoms with Gasteiger partial charge in [0.1, 0.15) is 6.33 Å². The fourth-order valence-corrected chi connectivity index (χ4v) is 3.29. The van der Waals surface area contributed by atoms with Crippen molar-refractivity contribution < 1.29 is 0 Å². The first-order chi connectivity index (χ1) is 12.3. The quantitative estimate of drug-likeness (QED) is 0.285. The molecule has 1 aromatic carbocycles. The zero-order valence-corrected chi connectivity index (χ0v) is 17.9. The van der Waals surface area contributed by atoms with Crippen molar-refractivity contribution in [3.63, 3.8) is 0 Å². The lowest BCUT2D eigenvalue weighted by Crippen LogP contribution is -2.38. The first-order valence-corrected chi connectivity index (χ1v) is 9.07. The highest BCUT2D eigenvalue weighted by Crippen LogP contribution is 2.19. The van der Waals surface area contributed by atoms with E-state index >= 15 is 0 Å². The molecule has 0 spiro atoms. The first kappa shape index (κ1) is 20.4. The number of nitrogens with zero attached hydrogens (tertiary/aromatic N) is 3. The highest BCUT2D eigenvalue weighted by atomic mass is 127. The molecule has 2 aromatic heterocycles. The molecule has 0 fully saturated rings. The van der Waals surface area contributed by atoms with E-state index in [9.17, 15) is 0 Å².